The highest BCUT2D eigenvalue weighted by Gasteiger charge is 2.27. The van der Waals surface area contributed by atoms with E-state index < -0.39 is 11.6 Å². The maximum atomic E-state index is 13.5. The van der Waals surface area contributed by atoms with E-state index in [1.54, 1.807) is 0 Å². The molecule has 2 rings (SSSR count). The first-order chi connectivity index (χ1) is 8.35. The summed E-state index contributed by atoms with van der Waals surface area (Å²) < 4.78 is 26.5. The van der Waals surface area contributed by atoms with Gasteiger partial charge in [0.15, 0.2) is 5.78 Å². The van der Waals surface area contributed by atoms with E-state index in [0.717, 1.165) is 18.2 Å². The van der Waals surface area contributed by atoms with Gasteiger partial charge in [-0.2, -0.15) is 0 Å². The van der Waals surface area contributed by atoms with Gasteiger partial charge in [-0.1, -0.05) is 13.8 Å². The highest BCUT2D eigenvalue weighted by atomic mass is 19.1. The summed E-state index contributed by atoms with van der Waals surface area (Å²) in [6.07, 6.45) is 2.58. The number of carbonyl (C=O) groups is 1. The number of benzene rings is 1. The zero-order valence-electron chi connectivity index (χ0n) is 10.4. The third-order valence-electron chi connectivity index (χ3n) is 2.88. The second-order valence-corrected chi connectivity index (χ2v) is 5.40. The van der Waals surface area contributed by atoms with Gasteiger partial charge in [0.25, 0.3) is 0 Å². The molecule has 0 spiro atoms. The van der Waals surface area contributed by atoms with Crippen molar-refractivity contribution in [2.75, 3.05) is 5.32 Å². The molecule has 4 heteroatoms. The van der Waals surface area contributed by atoms with Crippen LogP contribution < -0.4 is 5.32 Å². The van der Waals surface area contributed by atoms with E-state index in [2.05, 4.69) is 5.32 Å². The summed E-state index contributed by atoms with van der Waals surface area (Å²) in [5.74, 6) is -1.04. The quantitative estimate of drug-likeness (QED) is 0.869. The molecule has 0 amide bonds. The monoisotopic (exact) mass is 251 g/mol. The molecule has 0 atom stereocenters. The number of nitrogens with one attached hydrogen (secondary N) is 1. The van der Waals surface area contributed by atoms with Crippen molar-refractivity contribution in [3.05, 3.63) is 41.6 Å². The number of halogens is 2. The molecule has 1 aromatic carbocycles. The summed E-state index contributed by atoms with van der Waals surface area (Å²) in [5, 5.41) is 2.80. The predicted octanol–water partition coefficient (Wildman–Crippen LogP) is 3.65. The van der Waals surface area contributed by atoms with Gasteiger partial charge in [-0.05, 0) is 24.0 Å². The second-order valence-electron chi connectivity index (χ2n) is 5.40. The van der Waals surface area contributed by atoms with Crippen LogP contribution in [0.25, 0.3) is 0 Å². The number of hydrogen-bond acceptors (Lipinski definition) is 2. The van der Waals surface area contributed by atoms with Crippen LogP contribution in [-0.4, -0.2) is 5.78 Å². The number of hydrogen-bond donors (Lipinski definition) is 1. The van der Waals surface area contributed by atoms with E-state index in [1.165, 1.54) is 6.08 Å². The van der Waals surface area contributed by atoms with Crippen LogP contribution >= 0.6 is 0 Å². The smallest absolute Gasteiger partial charge is 0.157 e. The minimum Gasteiger partial charge on any atom is -0.356 e. The minimum atomic E-state index is -0.534. The Labute approximate surface area is 105 Å². The van der Waals surface area contributed by atoms with Crippen molar-refractivity contribution >= 4 is 11.5 Å². The van der Waals surface area contributed by atoms with Crippen LogP contribution in [0.4, 0.5) is 14.5 Å². The highest BCUT2D eigenvalue weighted by molar-refractivity contribution is 5.92. The van der Waals surface area contributed by atoms with Crippen molar-refractivity contribution in [2.24, 2.45) is 5.41 Å². The third kappa shape index (κ3) is 2.94. The molecule has 0 unspecified atom stereocenters. The van der Waals surface area contributed by atoms with Gasteiger partial charge in [-0.3, -0.25) is 4.79 Å². The van der Waals surface area contributed by atoms with Crippen LogP contribution in [0.5, 0.6) is 0 Å². The molecule has 0 saturated heterocycles. The van der Waals surface area contributed by atoms with Crippen LogP contribution in [0.3, 0.4) is 0 Å². The molecule has 1 aliphatic rings. The molecule has 0 fully saturated rings. The number of anilines is 1. The first kappa shape index (κ1) is 12.7. The fourth-order valence-electron chi connectivity index (χ4n) is 2.19. The number of carbonyl (C=O) groups excluding carboxylic acids is 1. The summed E-state index contributed by atoms with van der Waals surface area (Å²) in [5.41, 5.74) is 0.533. The van der Waals surface area contributed by atoms with Crippen LogP contribution in [0, 0.1) is 17.0 Å². The van der Waals surface area contributed by atoms with E-state index in [4.69, 9.17) is 0 Å². The molecule has 0 radical (unpaired) electrons. The van der Waals surface area contributed by atoms with Gasteiger partial charge < -0.3 is 5.32 Å². The van der Waals surface area contributed by atoms with Crippen LogP contribution in [0.15, 0.2) is 30.0 Å². The topological polar surface area (TPSA) is 29.1 Å². The summed E-state index contributed by atoms with van der Waals surface area (Å²) in [4.78, 5) is 11.5. The van der Waals surface area contributed by atoms with Crippen LogP contribution in [0.2, 0.25) is 0 Å². The molecule has 0 bridgehead atoms. The average molecular weight is 251 g/mol. The largest absolute Gasteiger partial charge is 0.356 e. The Kier molecular flexibility index (Phi) is 3.20. The summed E-state index contributed by atoms with van der Waals surface area (Å²) in [6.45, 7) is 3.95. The molecule has 18 heavy (non-hydrogen) atoms. The van der Waals surface area contributed by atoms with Crippen molar-refractivity contribution in [1.29, 1.82) is 0 Å². The molecule has 1 aliphatic carbocycles. The Morgan fingerprint density at radius 3 is 2.61 bits per heavy atom. The lowest BCUT2D eigenvalue weighted by molar-refractivity contribution is -0.117. The molecule has 0 saturated carbocycles. The van der Waals surface area contributed by atoms with E-state index in [9.17, 15) is 13.6 Å². The Hall–Kier alpha value is -1.71. The van der Waals surface area contributed by atoms with Gasteiger partial charge in [0.1, 0.15) is 11.6 Å². The molecule has 96 valence electrons. The van der Waals surface area contributed by atoms with Crippen molar-refractivity contribution in [1.82, 2.24) is 0 Å². The SMILES string of the molecule is CC1(C)CC(=O)C=C(Nc2cc(F)ccc2F)C1. The summed E-state index contributed by atoms with van der Waals surface area (Å²) in [6, 6.07) is 3.21. The van der Waals surface area contributed by atoms with Crippen molar-refractivity contribution < 1.29 is 13.6 Å². The van der Waals surface area contributed by atoms with E-state index in [0.29, 0.717) is 18.5 Å². The lowest BCUT2D eigenvalue weighted by Crippen LogP contribution is -2.24. The molecule has 1 N–H and O–H groups in total. The Morgan fingerprint density at radius 2 is 1.94 bits per heavy atom. The molecule has 2 nitrogen and oxygen atoms in total. The average Bonchev–Trinajstić information content (AvgIpc) is 2.20. The van der Waals surface area contributed by atoms with Gasteiger partial charge >= 0.3 is 0 Å². The molecule has 1 aromatic rings. The zero-order chi connectivity index (χ0) is 13.3. The maximum absolute atomic E-state index is 13.5. The van der Waals surface area contributed by atoms with Gasteiger partial charge in [0, 0.05) is 24.3 Å². The number of ketones is 1. The maximum Gasteiger partial charge on any atom is 0.157 e. The van der Waals surface area contributed by atoms with Gasteiger partial charge in [-0.15, -0.1) is 0 Å². The Balaban J connectivity index is 2.24. The Bertz CT molecular complexity index is 521. The number of rotatable bonds is 2. The van der Waals surface area contributed by atoms with Gasteiger partial charge in [0.05, 0.1) is 5.69 Å². The van der Waals surface area contributed by atoms with Crippen LogP contribution in [-0.2, 0) is 4.79 Å². The Morgan fingerprint density at radius 1 is 1.22 bits per heavy atom. The lowest BCUT2D eigenvalue weighted by atomic mass is 9.79. The van der Waals surface area contributed by atoms with E-state index in [-0.39, 0.29) is 16.9 Å². The number of allylic oxidation sites excluding steroid dienone is 2. The molecular weight excluding hydrogens is 236 g/mol. The summed E-state index contributed by atoms with van der Waals surface area (Å²) >= 11 is 0. The highest BCUT2D eigenvalue weighted by Crippen LogP contribution is 2.34. The van der Waals surface area contributed by atoms with E-state index >= 15 is 0 Å². The van der Waals surface area contributed by atoms with Gasteiger partial charge in [0.2, 0.25) is 0 Å². The molecule has 0 heterocycles. The fraction of sp³-hybridized carbons (Fsp3) is 0.357. The third-order valence-corrected chi connectivity index (χ3v) is 2.88. The van der Waals surface area contributed by atoms with Crippen LogP contribution in [0.1, 0.15) is 26.7 Å². The first-order valence-corrected chi connectivity index (χ1v) is 5.81. The van der Waals surface area contributed by atoms with Crippen molar-refractivity contribution in [3.8, 4) is 0 Å². The molecule has 0 aliphatic heterocycles. The van der Waals surface area contributed by atoms with Crippen molar-refractivity contribution in [3.63, 3.8) is 0 Å². The second kappa shape index (κ2) is 4.52. The lowest BCUT2D eigenvalue weighted by Gasteiger charge is -2.29. The fourth-order valence-corrected chi connectivity index (χ4v) is 2.19. The first-order valence-electron chi connectivity index (χ1n) is 5.81. The summed E-state index contributed by atoms with van der Waals surface area (Å²) in [7, 11) is 0. The van der Waals surface area contributed by atoms with Crippen molar-refractivity contribution in [2.45, 2.75) is 26.7 Å². The minimum absolute atomic E-state index is 0.00515. The molecule has 0 aromatic heterocycles. The standard InChI is InChI=1S/C14H15F2NO/c1-14(2)7-10(6-11(18)8-14)17-13-5-9(15)3-4-12(13)16/h3-6,17H,7-8H2,1-2H3. The van der Waals surface area contributed by atoms with E-state index in [1.807, 2.05) is 13.8 Å². The normalized spacial score (nSPS) is 18.4. The zero-order valence-corrected chi connectivity index (χ0v) is 10.4. The predicted molar refractivity (Wildman–Crippen MR) is 66.1 cm³/mol. The molecular formula is C14H15F2NO. The van der Waals surface area contributed by atoms with Gasteiger partial charge in [-0.25, -0.2) is 8.78 Å².